The second-order valence-electron chi connectivity index (χ2n) is 7.13. The zero-order chi connectivity index (χ0) is 16.9. The SMILES string of the molecule is CC(C)(C)c1nc(-c2ccc3ccccc3c2)c2c(N)nccn12. The number of rotatable bonds is 1. The number of nitrogens with two attached hydrogens (primary N) is 1. The second kappa shape index (κ2) is 5.06. The minimum Gasteiger partial charge on any atom is -0.382 e. The third kappa shape index (κ3) is 2.22. The van der Waals surface area contributed by atoms with Crippen LogP contribution < -0.4 is 5.73 Å². The molecular formula is C20H20N4. The van der Waals surface area contributed by atoms with Gasteiger partial charge in [0.05, 0.1) is 0 Å². The highest BCUT2D eigenvalue weighted by molar-refractivity contribution is 5.92. The van der Waals surface area contributed by atoms with Gasteiger partial charge in [0.25, 0.3) is 0 Å². The van der Waals surface area contributed by atoms with Crippen molar-refractivity contribution in [3.63, 3.8) is 0 Å². The van der Waals surface area contributed by atoms with Crippen LogP contribution in [0.25, 0.3) is 27.5 Å². The van der Waals surface area contributed by atoms with Crippen LogP contribution >= 0.6 is 0 Å². The highest BCUT2D eigenvalue weighted by Crippen LogP contribution is 2.33. The highest BCUT2D eigenvalue weighted by atomic mass is 15.1. The molecule has 0 saturated heterocycles. The van der Waals surface area contributed by atoms with E-state index in [-0.39, 0.29) is 5.41 Å². The van der Waals surface area contributed by atoms with E-state index in [1.165, 1.54) is 10.8 Å². The zero-order valence-corrected chi connectivity index (χ0v) is 14.1. The smallest absolute Gasteiger partial charge is 0.150 e. The lowest BCUT2D eigenvalue weighted by atomic mass is 9.96. The van der Waals surface area contributed by atoms with Gasteiger partial charge in [-0.25, -0.2) is 9.97 Å². The summed E-state index contributed by atoms with van der Waals surface area (Å²) in [5, 5.41) is 2.41. The maximum Gasteiger partial charge on any atom is 0.150 e. The van der Waals surface area contributed by atoms with Gasteiger partial charge in [-0.3, -0.25) is 4.40 Å². The molecule has 0 radical (unpaired) electrons. The first-order valence-corrected chi connectivity index (χ1v) is 8.07. The molecule has 2 heterocycles. The monoisotopic (exact) mass is 316 g/mol. The largest absolute Gasteiger partial charge is 0.382 e. The van der Waals surface area contributed by atoms with Gasteiger partial charge in [0, 0.05) is 23.4 Å². The van der Waals surface area contributed by atoms with Crippen molar-refractivity contribution in [2.24, 2.45) is 0 Å². The first-order valence-electron chi connectivity index (χ1n) is 8.07. The Kier molecular flexibility index (Phi) is 3.10. The maximum absolute atomic E-state index is 6.19. The summed E-state index contributed by atoms with van der Waals surface area (Å²) in [5.41, 5.74) is 8.92. The summed E-state index contributed by atoms with van der Waals surface area (Å²) < 4.78 is 2.06. The van der Waals surface area contributed by atoms with Crippen LogP contribution in [0.5, 0.6) is 0 Å². The van der Waals surface area contributed by atoms with E-state index in [1.807, 2.05) is 18.3 Å². The summed E-state index contributed by atoms with van der Waals surface area (Å²) in [6, 6.07) is 14.7. The van der Waals surface area contributed by atoms with Crippen molar-refractivity contribution in [2.45, 2.75) is 26.2 Å². The molecule has 0 aliphatic carbocycles. The molecule has 0 aliphatic rings. The van der Waals surface area contributed by atoms with Gasteiger partial charge in [0.2, 0.25) is 0 Å². The first-order chi connectivity index (χ1) is 11.4. The fourth-order valence-corrected chi connectivity index (χ4v) is 3.13. The summed E-state index contributed by atoms with van der Waals surface area (Å²) in [4.78, 5) is 9.21. The molecule has 24 heavy (non-hydrogen) atoms. The standard InChI is InChI=1S/C20H20N4/c1-20(2,3)19-23-16(17-18(21)22-10-11-24(17)19)15-9-8-13-6-4-5-7-14(13)12-15/h4-12H,1-3H3,(H2,21,22). The van der Waals surface area contributed by atoms with Crippen molar-refractivity contribution in [2.75, 3.05) is 5.73 Å². The van der Waals surface area contributed by atoms with E-state index in [0.29, 0.717) is 5.82 Å². The number of imidazole rings is 1. The molecule has 0 fully saturated rings. The zero-order valence-electron chi connectivity index (χ0n) is 14.1. The lowest BCUT2D eigenvalue weighted by molar-refractivity contribution is 0.543. The molecule has 0 spiro atoms. The van der Waals surface area contributed by atoms with E-state index in [4.69, 9.17) is 10.7 Å². The second-order valence-corrected chi connectivity index (χ2v) is 7.13. The van der Waals surface area contributed by atoms with Gasteiger partial charge in [-0.15, -0.1) is 0 Å². The lowest BCUT2D eigenvalue weighted by Crippen LogP contribution is -2.16. The number of nitrogen functional groups attached to an aromatic ring is 1. The highest BCUT2D eigenvalue weighted by Gasteiger charge is 2.24. The number of hydrogen-bond donors (Lipinski definition) is 1. The predicted molar refractivity (Wildman–Crippen MR) is 99.0 cm³/mol. The molecule has 0 aliphatic heterocycles. The normalized spacial score (nSPS) is 12.1. The van der Waals surface area contributed by atoms with Crippen LogP contribution in [0, 0.1) is 0 Å². The van der Waals surface area contributed by atoms with Crippen molar-refractivity contribution in [3.8, 4) is 11.3 Å². The molecular weight excluding hydrogens is 296 g/mol. The van der Waals surface area contributed by atoms with E-state index in [1.54, 1.807) is 6.20 Å². The summed E-state index contributed by atoms with van der Waals surface area (Å²) in [6.45, 7) is 6.47. The summed E-state index contributed by atoms with van der Waals surface area (Å²) >= 11 is 0. The number of fused-ring (bicyclic) bond motifs is 2. The molecule has 4 aromatic rings. The van der Waals surface area contributed by atoms with Crippen molar-refractivity contribution in [1.29, 1.82) is 0 Å². The van der Waals surface area contributed by atoms with E-state index in [9.17, 15) is 0 Å². The Morgan fingerprint density at radius 1 is 1.00 bits per heavy atom. The van der Waals surface area contributed by atoms with E-state index in [0.717, 1.165) is 22.6 Å². The Balaban J connectivity index is 2.05. The lowest BCUT2D eigenvalue weighted by Gasteiger charge is -2.16. The Morgan fingerprint density at radius 3 is 2.50 bits per heavy atom. The maximum atomic E-state index is 6.19. The number of benzene rings is 2. The topological polar surface area (TPSA) is 56.2 Å². The van der Waals surface area contributed by atoms with Gasteiger partial charge < -0.3 is 5.73 Å². The molecule has 4 rings (SSSR count). The average molecular weight is 316 g/mol. The molecule has 2 N–H and O–H groups in total. The van der Waals surface area contributed by atoms with Crippen molar-refractivity contribution in [3.05, 3.63) is 60.7 Å². The number of aromatic nitrogens is 3. The minimum absolute atomic E-state index is 0.0915. The van der Waals surface area contributed by atoms with Gasteiger partial charge in [-0.1, -0.05) is 57.2 Å². The molecule has 0 saturated carbocycles. The molecule has 0 atom stereocenters. The summed E-state index contributed by atoms with van der Waals surface area (Å²) in [5.74, 6) is 1.48. The van der Waals surface area contributed by atoms with E-state index in [2.05, 4.69) is 60.5 Å². The minimum atomic E-state index is -0.0915. The van der Waals surface area contributed by atoms with E-state index < -0.39 is 0 Å². The van der Waals surface area contributed by atoms with Gasteiger partial charge in [-0.2, -0.15) is 0 Å². The summed E-state index contributed by atoms with van der Waals surface area (Å²) in [7, 11) is 0. The molecule has 4 nitrogen and oxygen atoms in total. The van der Waals surface area contributed by atoms with Gasteiger partial charge in [-0.05, 0) is 16.8 Å². The Hall–Kier alpha value is -2.88. The quantitative estimate of drug-likeness (QED) is 0.565. The molecule has 120 valence electrons. The molecule has 2 aromatic heterocycles. The van der Waals surface area contributed by atoms with Crippen LogP contribution in [0.4, 0.5) is 5.82 Å². The Morgan fingerprint density at radius 2 is 1.75 bits per heavy atom. The molecule has 0 unspecified atom stereocenters. The number of hydrogen-bond acceptors (Lipinski definition) is 3. The van der Waals surface area contributed by atoms with Crippen LogP contribution in [0.15, 0.2) is 54.9 Å². The van der Waals surface area contributed by atoms with Crippen molar-refractivity contribution < 1.29 is 0 Å². The van der Waals surface area contributed by atoms with Gasteiger partial charge in [0.1, 0.15) is 22.9 Å². The van der Waals surface area contributed by atoms with Gasteiger partial charge >= 0.3 is 0 Å². The molecule has 0 amide bonds. The average Bonchev–Trinajstić information content (AvgIpc) is 2.96. The molecule has 2 aromatic carbocycles. The van der Waals surface area contributed by atoms with Crippen LogP contribution in [0.1, 0.15) is 26.6 Å². The molecule has 4 heteroatoms. The number of nitrogens with zero attached hydrogens (tertiary/aromatic N) is 3. The fourth-order valence-electron chi connectivity index (χ4n) is 3.13. The van der Waals surface area contributed by atoms with Crippen molar-refractivity contribution >= 4 is 22.1 Å². The molecule has 0 bridgehead atoms. The van der Waals surface area contributed by atoms with Crippen LogP contribution in [0.3, 0.4) is 0 Å². The number of anilines is 1. The predicted octanol–water partition coefficient (Wildman–Crippen LogP) is 4.43. The summed E-state index contributed by atoms with van der Waals surface area (Å²) in [6.07, 6.45) is 3.66. The Labute approximate surface area is 141 Å². The fraction of sp³-hybridized carbons (Fsp3) is 0.200. The van der Waals surface area contributed by atoms with Crippen LogP contribution in [-0.2, 0) is 5.41 Å². The van der Waals surface area contributed by atoms with Crippen molar-refractivity contribution in [1.82, 2.24) is 14.4 Å². The van der Waals surface area contributed by atoms with Gasteiger partial charge in [0.15, 0.2) is 0 Å². The first kappa shape index (κ1) is 14.7. The van der Waals surface area contributed by atoms with Crippen LogP contribution in [-0.4, -0.2) is 14.4 Å². The third-order valence-corrected chi connectivity index (χ3v) is 4.28. The van der Waals surface area contributed by atoms with Crippen LogP contribution in [0.2, 0.25) is 0 Å². The van der Waals surface area contributed by atoms with E-state index >= 15 is 0 Å². The Bertz CT molecular complexity index is 1050. The third-order valence-electron chi connectivity index (χ3n) is 4.28.